The van der Waals surface area contributed by atoms with Gasteiger partial charge in [-0.1, -0.05) is 44.5 Å². The maximum atomic E-state index is 12.8. The topological polar surface area (TPSA) is 47.6 Å². The zero-order chi connectivity index (χ0) is 20.8. The molecule has 5 heteroatoms. The van der Waals surface area contributed by atoms with Crippen LogP contribution >= 0.6 is 11.6 Å². The van der Waals surface area contributed by atoms with Crippen LogP contribution in [0.25, 0.3) is 0 Å². The Morgan fingerprint density at radius 3 is 2.36 bits per heavy atom. The molecule has 0 fully saturated rings. The molecule has 0 bridgehead atoms. The summed E-state index contributed by atoms with van der Waals surface area (Å²) in [7, 11) is 1.68. The first-order valence-corrected chi connectivity index (χ1v) is 10.1. The summed E-state index contributed by atoms with van der Waals surface area (Å²) in [5.41, 5.74) is 3.28. The molecule has 2 aromatic rings. The molecule has 0 heterocycles. The normalized spacial score (nSPS) is 13.1. The summed E-state index contributed by atoms with van der Waals surface area (Å²) in [5.74, 6) is 1.56. The van der Waals surface area contributed by atoms with Gasteiger partial charge >= 0.3 is 0 Å². The van der Waals surface area contributed by atoms with Crippen LogP contribution < -0.4 is 14.8 Å². The van der Waals surface area contributed by atoms with Crippen molar-refractivity contribution in [2.45, 2.75) is 59.1 Å². The predicted molar refractivity (Wildman–Crippen MR) is 115 cm³/mol. The highest BCUT2D eigenvalue weighted by atomic mass is 35.5. The lowest BCUT2D eigenvalue weighted by molar-refractivity contribution is -0.128. The lowest BCUT2D eigenvalue weighted by Crippen LogP contribution is -2.39. The molecule has 1 amide bonds. The first kappa shape index (κ1) is 22.1. The van der Waals surface area contributed by atoms with Crippen LogP contribution in [0.4, 0.5) is 0 Å². The highest BCUT2D eigenvalue weighted by Gasteiger charge is 2.23. The number of carbonyl (C=O) groups is 1. The van der Waals surface area contributed by atoms with E-state index in [9.17, 15) is 4.79 Å². The van der Waals surface area contributed by atoms with Crippen molar-refractivity contribution < 1.29 is 14.3 Å². The number of ether oxygens (including phenoxy) is 2. The molecule has 1 N–H and O–H groups in total. The molecule has 2 atom stereocenters. The van der Waals surface area contributed by atoms with Crippen LogP contribution in [0.15, 0.2) is 36.4 Å². The highest BCUT2D eigenvalue weighted by molar-refractivity contribution is 6.32. The maximum Gasteiger partial charge on any atom is 0.261 e. The van der Waals surface area contributed by atoms with Gasteiger partial charge in [0.25, 0.3) is 5.91 Å². The maximum absolute atomic E-state index is 12.8. The molecular weight excluding hydrogens is 374 g/mol. The second kappa shape index (κ2) is 9.83. The zero-order valence-electron chi connectivity index (χ0n) is 17.5. The van der Waals surface area contributed by atoms with Crippen molar-refractivity contribution in [1.29, 1.82) is 0 Å². The van der Waals surface area contributed by atoms with E-state index in [0.29, 0.717) is 23.1 Å². The van der Waals surface area contributed by atoms with Crippen LogP contribution in [0, 0.1) is 6.92 Å². The Balaban J connectivity index is 2.18. The van der Waals surface area contributed by atoms with Gasteiger partial charge < -0.3 is 14.8 Å². The average Bonchev–Trinajstić information content (AvgIpc) is 2.66. The van der Waals surface area contributed by atoms with E-state index in [1.807, 2.05) is 39.0 Å². The fraction of sp³-hybridized carbons (Fsp3) is 0.435. The molecule has 28 heavy (non-hydrogen) atoms. The van der Waals surface area contributed by atoms with Gasteiger partial charge in [-0.15, -0.1) is 0 Å². The Morgan fingerprint density at radius 1 is 1.11 bits per heavy atom. The number of benzene rings is 2. The van der Waals surface area contributed by atoms with Crippen LogP contribution in [0.2, 0.25) is 5.02 Å². The molecule has 0 aliphatic heterocycles. The van der Waals surface area contributed by atoms with Gasteiger partial charge in [0.1, 0.15) is 11.5 Å². The number of para-hydroxylation sites is 1. The molecule has 4 nitrogen and oxygen atoms in total. The summed E-state index contributed by atoms with van der Waals surface area (Å²) in [6.45, 7) is 10.2. The van der Waals surface area contributed by atoms with E-state index in [0.717, 1.165) is 22.4 Å². The van der Waals surface area contributed by atoms with Crippen molar-refractivity contribution in [2.75, 3.05) is 7.11 Å². The van der Waals surface area contributed by atoms with E-state index in [2.05, 4.69) is 25.2 Å². The highest BCUT2D eigenvalue weighted by Crippen LogP contribution is 2.32. The summed E-state index contributed by atoms with van der Waals surface area (Å²) in [6.07, 6.45) is -0.0618. The Labute approximate surface area is 173 Å². The predicted octanol–water partition coefficient (Wildman–Crippen LogP) is 5.82. The third-order valence-corrected chi connectivity index (χ3v) is 5.15. The summed E-state index contributed by atoms with van der Waals surface area (Å²) < 4.78 is 11.4. The van der Waals surface area contributed by atoms with Gasteiger partial charge in [-0.3, -0.25) is 4.79 Å². The van der Waals surface area contributed by atoms with E-state index in [4.69, 9.17) is 21.1 Å². The fourth-order valence-corrected chi connectivity index (χ4v) is 3.39. The monoisotopic (exact) mass is 403 g/mol. The minimum Gasteiger partial charge on any atom is -0.496 e. The van der Waals surface area contributed by atoms with Crippen molar-refractivity contribution in [2.24, 2.45) is 0 Å². The van der Waals surface area contributed by atoms with Gasteiger partial charge in [0.05, 0.1) is 18.2 Å². The van der Waals surface area contributed by atoms with Gasteiger partial charge in [-0.05, 0) is 67.1 Å². The quantitative estimate of drug-likeness (QED) is 0.604. The molecule has 0 unspecified atom stereocenters. The molecule has 2 rings (SSSR count). The van der Waals surface area contributed by atoms with Crippen LogP contribution in [0.1, 0.15) is 62.8 Å². The molecular formula is C23H30ClNO3. The Hall–Kier alpha value is -2.20. The average molecular weight is 404 g/mol. The summed E-state index contributed by atoms with van der Waals surface area (Å²) in [4.78, 5) is 12.8. The third kappa shape index (κ3) is 5.20. The number of rotatable bonds is 8. The molecule has 0 saturated carbocycles. The number of methoxy groups -OCH3 is 1. The van der Waals surface area contributed by atoms with Crippen molar-refractivity contribution >= 4 is 17.5 Å². The SMILES string of the molecule is CC[C@H](Oc1ccccc1Cl)C(=O)N[C@H](C)c1cc(C(C)C)c(OC)cc1C. The third-order valence-electron chi connectivity index (χ3n) is 4.83. The number of nitrogens with one attached hydrogen (secondary N) is 1. The molecule has 0 aliphatic rings. The molecule has 0 spiro atoms. The van der Waals surface area contributed by atoms with Crippen molar-refractivity contribution in [3.63, 3.8) is 0 Å². The second-order valence-corrected chi connectivity index (χ2v) is 7.69. The largest absolute Gasteiger partial charge is 0.496 e. The first-order chi connectivity index (χ1) is 13.3. The van der Waals surface area contributed by atoms with E-state index >= 15 is 0 Å². The second-order valence-electron chi connectivity index (χ2n) is 7.28. The summed E-state index contributed by atoms with van der Waals surface area (Å²) in [5, 5.41) is 3.58. The van der Waals surface area contributed by atoms with Crippen molar-refractivity contribution in [3.05, 3.63) is 58.1 Å². The Kier molecular flexibility index (Phi) is 7.76. The number of aryl methyl sites for hydroxylation is 1. The van der Waals surface area contributed by atoms with Gasteiger partial charge in [0, 0.05) is 0 Å². The van der Waals surface area contributed by atoms with Gasteiger partial charge in [0.15, 0.2) is 6.10 Å². The van der Waals surface area contributed by atoms with Crippen molar-refractivity contribution in [3.8, 4) is 11.5 Å². The standard InChI is InChI=1S/C23H30ClNO3/c1-7-20(28-21-11-9-8-10-19(21)24)23(26)25-16(5)18-13-17(14(2)3)22(27-6)12-15(18)4/h8-14,16,20H,7H2,1-6H3,(H,25,26)/t16-,20+/m1/s1. The summed E-state index contributed by atoms with van der Waals surface area (Å²) >= 11 is 6.16. The van der Waals surface area contributed by atoms with Crippen LogP contribution in [-0.2, 0) is 4.79 Å². The minimum absolute atomic E-state index is 0.153. The van der Waals surface area contributed by atoms with Crippen LogP contribution in [0.3, 0.4) is 0 Å². The van der Waals surface area contributed by atoms with Gasteiger partial charge in [0.2, 0.25) is 0 Å². The summed E-state index contributed by atoms with van der Waals surface area (Å²) in [6, 6.07) is 11.2. The van der Waals surface area contributed by atoms with Crippen LogP contribution in [0.5, 0.6) is 11.5 Å². The van der Waals surface area contributed by atoms with E-state index in [1.54, 1.807) is 19.2 Å². The number of hydrogen-bond acceptors (Lipinski definition) is 3. The molecule has 152 valence electrons. The van der Waals surface area contributed by atoms with E-state index < -0.39 is 6.10 Å². The molecule has 0 saturated heterocycles. The van der Waals surface area contributed by atoms with Gasteiger partial charge in [-0.2, -0.15) is 0 Å². The van der Waals surface area contributed by atoms with Gasteiger partial charge in [-0.25, -0.2) is 0 Å². The Bertz CT molecular complexity index is 819. The first-order valence-electron chi connectivity index (χ1n) is 9.68. The van der Waals surface area contributed by atoms with E-state index in [-0.39, 0.29) is 11.9 Å². The lowest BCUT2D eigenvalue weighted by Gasteiger charge is -2.24. The van der Waals surface area contributed by atoms with Crippen molar-refractivity contribution in [1.82, 2.24) is 5.32 Å². The number of carbonyl (C=O) groups excluding carboxylic acids is 1. The molecule has 2 aromatic carbocycles. The smallest absolute Gasteiger partial charge is 0.261 e. The fourth-order valence-electron chi connectivity index (χ4n) is 3.21. The Morgan fingerprint density at radius 2 is 1.79 bits per heavy atom. The molecule has 0 aromatic heterocycles. The number of hydrogen-bond donors (Lipinski definition) is 1. The lowest BCUT2D eigenvalue weighted by atomic mass is 9.93. The molecule has 0 radical (unpaired) electrons. The molecule has 0 aliphatic carbocycles. The van der Waals surface area contributed by atoms with E-state index in [1.165, 1.54) is 0 Å². The number of amides is 1. The van der Waals surface area contributed by atoms with Crippen LogP contribution in [-0.4, -0.2) is 19.1 Å². The zero-order valence-corrected chi connectivity index (χ0v) is 18.3. The number of halogens is 1. The minimum atomic E-state index is -0.606.